The van der Waals surface area contributed by atoms with E-state index >= 15 is 0 Å². The SMILES string of the molecule is CCOC(=O)c1nn(CC(=O)c2cccc(OC)c2)c(-c2cccc(OC)c2)c1C(=O)c1cccc(OC)c1. The van der Waals surface area contributed by atoms with Crippen LogP contribution in [0.4, 0.5) is 0 Å². The molecular formula is C30H28N2O7. The van der Waals surface area contributed by atoms with E-state index in [2.05, 4.69) is 5.10 Å². The van der Waals surface area contributed by atoms with Gasteiger partial charge in [-0.1, -0.05) is 36.4 Å². The third-order valence-corrected chi connectivity index (χ3v) is 6.01. The van der Waals surface area contributed by atoms with Crippen molar-refractivity contribution in [2.45, 2.75) is 13.5 Å². The predicted molar refractivity (Wildman–Crippen MR) is 144 cm³/mol. The number of rotatable bonds is 11. The second-order valence-corrected chi connectivity index (χ2v) is 8.40. The van der Waals surface area contributed by atoms with Gasteiger partial charge in [0.1, 0.15) is 23.8 Å². The Morgan fingerprint density at radius 3 is 1.95 bits per heavy atom. The smallest absolute Gasteiger partial charge is 0.359 e. The molecule has 9 nitrogen and oxygen atoms in total. The molecule has 200 valence electrons. The van der Waals surface area contributed by atoms with E-state index in [1.807, 2.05) is 0 Å². The summed E-state index contributed by atoms with van der Waals surface area (Å²) in [7, 11) is 4.53. The van der Waals surface area contributed by atoms with E-state index in [0.29, 0.717) is 28.4 Å². The maximum Gasteiger partial charge on any atom is 0.359 e. The first-order chi connectivity index (χ1) is 18.9. The molecule has 0 aliphatic heterocycles. The molecule has 0 spiro atoms. The molecule has 0 aliphatic rings. The number of nitrogens with zero attached hydrogens (tertiary/aromatic N) is 2. The van der Waals surface area contributed by atoms with Gasteiger partial charge in [0.15, 0.2) is 17.3 Å². The van der Waals surface area contributed by atoms with Crippen molar-refractivity contribution < 1.29 is 33.3 Å². The van der Waals surface area contributed by atoms with Gasteiger partial charge in [0, 0.05) is 16.7 Å². The first-order valence-corrected chi connectivity index (χ1v) is 12.2. The molecule has 0 bridgehead atoms. The Bertz CT molecular complexity index is 1520. The van der Waals surface area contributed by atoms with Crippen molar-refractivity contribution in [3.8, 4) is 28.5 Å². The molecule has 0 N–H and O–H groups in total. The molecule has 3 aromatic carbocycles. The zero-order valence-electron chi connectivity index (χ0n) is 22.1. The summed E-state index contributed by atoms with van der Waals surface area (Å²) in [6, 6.07) is 20.3. The maximum atomic E-state index is 14.0. The number of methoxy groups -OCH3 is 3. The number of carbonyl (C=O) groups excluding carboxylic acids is 3. The van der Waals surface area contributed by atoms with Crippen molar-refractivity contribution >= 4 is 17.5 Å². The lowest BCUT2D eigenvalue weighted by atomic mass is 9.97. The molecule has 9 heteroatoms. The molecule has 0 radical (unpaired) electrons. The number of benzene rings is 3. The van der Waals surface area contributed by atoms with Crippen LogP contribution in [0.5, 0.6) is 17.2 Å². The predicted octanol–water partition coefficient (Wildman–Crippen LogP) is 4.87. The Morgan fingerprint density at radius 1 is 0.769 bits per heavy atom. The van der Waals surface area contributed by atoms with Crippen molar-refractivity contribution in [1.82, 2.24) is 9.78 Å². The van der Waals surface area contributed by atoms with Crippen LogP contribution in [0.25, 0.3) is 11.3 Å². The van der Waals surface area contributed by atoms with E-state index in [0.717, 1.165) is 0 Å². The molecule has 0 saturated carbocycles. The highest BCUT2D eigenvalue weighted by Crippen LogP contribution is 2.32. The van der Waals surface area contributed by atoms with Gasteiger partial charge in [0.05, 0.1) is 39.2 Å². The largest absolute Gasteiger partial charge is 0.497 e. The second kappa shape index (κ2) is 12.1. The summed E-state index contributed by atoms with van der Waals surface area (Å²) in [6.45, 7) is 1.49. The Labute approximate surface area is 225 Å². The van der Waals surface area contributed by atoms with Gasteiger partial charge in [0.2, 0.25) is 0 Å². The Balaban J connectivity index is 1.94. The molecule has 1 heterocycles. The topological polar surface area (TPSA) is 106 Å². The first kappa shape index (κ1) is 27.1. The number of hydrogen-bond donors (Lipinski definition) is 0. The summed E-state index contributed by atoms with van der Waals surface area (Å²) >= 11 is 0. The summed E-state index contributed by atoms with van der Waals surface area (Å²) < 4.78 is 22.5. The maximum absolute atomic E-state index is 14.0. The lowest BCUT2D eigenvalue weighted by Crippen LogP contribution is -2.14. The minimum Gasteiger partial charge on any atom is -0.497 e. The van der Waals surface area contributed by atoms with Gasteiger partial charge in [-0.25, -0.2) is 4.79 Å². The molecule has 4 rings (SSSR count). The molecule has 0 aliphatic carbocycles. The lowest BCUT2D eigenvalue weighted by Gasteiger charge is -2.12. The van der Waals surface area contributed by atoms with Gasteiger partial charge in [0.25, 0.3) is 0 Å². The average Bonchev–Trinajstić information content (AvgIpc) is 3.35. The monoisotopic (exact) mass is 528 g/mol. The van der Waals surface area contributed by atoms with Crippen LogP contribution < -0.4 is 14.2 Å². The van der Waals surface area contributed by atoms with Crippen molar-refractivity contribution in [1.29, 1.82) is 0 Å². The van der Waals surface area contributed by atoms with E-state index in [-0.39, 0.29) is 41.4 Å². The summed E-state index contributed by atoms with van der Waals surface area (Å²) in [5, 5.41) is 4.45. The zero-order chi connectivity index (χ0) is 27.9. The van der Waals surface area contributed by atoms with Crippen molar-refractivity contribution in [2.75, 3.05) is 27.9 Å². The molecule has 4 aromatic rings. The van der Waals surface area contributed by atoms with E-state index < -0.39 is 11.8 Å². The average molecular weight is 529 g/mol. The van der Waals surface area contributed by atoms with E-state index in [4.69, 9.17) is 18.9 Å². The number of ether oxygens (including phenoxy) is 4. The normalized spacial score (nSPS) is 10.6. The second-order valence-electron chi connectivity index (χ2n) is 8.40. The van der Waals surface area contributed by atoms with Crippen LogP contribution in [0.3, 0.4) is 0 Å². The van der Waals surface area contributed by atoms with Gasteiger partial charge < -0.3 is 18.9 Å². The highest BCUT2D eigenvalue weighted by Gasteiger charge is 2.31. The molecule has 39 heavy (non-hydrogen) atoms. The summed E-state index contributed by atoms with van der Waals surface area (Å²) in [6.07, 6.45) is 0. The van der Waals surface area contributed by atoms with Crippen LogP contribution in [-0.4, -0.2) is 55.3 Å². The van der Waals surface area contributed by atoms with E-state index in [1.165, 1.54) is 26.0 Å². The molecule has 0 amide bonds. The first-order valence-electron chi connectivity index (χ1n) is 12.2. The number of esters is 1. The summed E-state index contributed by atoms with van der Waals surface area (Å²) in [4.78, 5) is 40.4. The van der Waals surface area contributed by atoms with Gasteiger partial charge in [-0.2, -0.15) is 5.10 Å². The molecule has 0 unspecified atom stereocenters. The minimum atomic E-state index is -0.777. The molecule has 0 atom stereocenters. The lowest BCUT2D eigenvalue weighted by molar-refractivity contribution is 0.0515. The number of hydrogen-bond acceptors (Lipinski definition) is 8. The van der Waals surface area contributed by atoms with Gasteiger partial charge in [-0.15, -0.1) is 0 Å². The molecule has 0 saturated heterocycles. The van der Waals surface area contributed by atoms with Gasteiger partial charge >= 0.3 is 5.97 Å². The number of ketones is 2. The highest BCUT2D eigenvalue weighted by molar-refractivity contribution is 6.17. The van der Waals surface area contributed by atoms with Crippen LogP contribution in [0, 0.1) is 0 Å². The number of Topliss-reactive ketones (excluding diaryl/α,β-unsaturated/α-hetero) is 1. The quantitative estimate of drug-likeness (QED) is 0.201. The van der Waals surface area contributed by atoms with Crippen LogP contribution in [0.15, 0.2) is 72.8 Å². The molecule has 0 fully saturated rings. The Kier molecular flexibility index (Phi) is 8.40. The fourth-order valence-corrected chi connectivity index (χ4v) is 4.13. The van der Waals surface area contributed by atoms with Gasteiger partial charge in [-0.05, 0) is 43.3 Å². The van der Waals surface area contributed by atoms with Crippen LogP contribution >= 0.6 is 0 Å². The van der Waals surface area contributed by atoms with E-state index in [9.17, 15) is 14.4 Å². The van der Waals surface area contributed by atoms with Crippen molar-refractivity contribution in [2.24, 2.45) is 0 Å². The Morgan fingerprint density at radius 2 is 1.33 bits per heavy atom. The van der Waals surface area contributed by atoms with Crippen LogP contribution in [0.2, 0.25) is 0 Å². The summed E-state index contributed by atoms with van der Waals surface area (Å²) in [5.74, 6) is -0.0269. The standard InChI is InChI=1S/C30H28N2O7/c1-5-39-30(35)27-26(29(34)21-11-8-14-24(17-21)38-4)28(20-10-7-13-23(16-20)37-3)32(31-27)18-25(33)19-9-6-12-22(15-19)36-2/h6-17H,5,18H2,1-4H3. The highest BCUT2D eigenvalue weighted by atomic mass is 16.5. The van der Waals surface area contributed by atoms with Crippen LogP contribution in [-0.2, 0) is 11.3 Å². The number of carbonyl (C=O) groups is 3. The van der Waals surface area contributed by atoms with Crippen molar-refractivity contribution in [3.05, 3.63) is 95.2 Å². The van der Waals surface area contributed by atoms with E-state index in [1.54, 1.807) is 79.7 Å². The minimum absolute atomic E-state index is 0.00778. The third kappa shape index (κ3) is 5.82. The zero-order valence-corrected chi connectivity index (χ0v) is 22.1. The fourth-order valence-electron chi connectivity index (χ4n) is 4.13. The Hall–Kier alpha value is -4.92. The number of aromatic nitrogens is 2. The van der Waals surface area contributed by atoms with Crippen molar-refractivity contribution in [3.63, 3.8) is 0 Å². The molecular weight excluding hydrogens is 500 g/mol. The fraction of sp³-hybridized carbons (Fsp3) is 0.200. The van der Waals surface area contributed by atoms with Crippen LogP contribution in [0.1, 0.15) is 43.7 Å². The summed E-state index contributed by atoms with van der Waals surface area (Å²) in [5.41, 5.74) is 1.29. The molecule has 1 aromatic heterocycles. The third-order valence-electron chi connectivity index (χ3n) is 6.01. The van der Waals surface area contributed by atoms with Gasteiger partial charge in [-0.3, -0.25) is 14.3 Å².